The SMILES string of the molecule is CC1CCCC1N[C@H](C)c1ccccc1. The normalized spacial score (nSPS) is 27.9. The van der Waals surface area contributed by atoms with E-state index < -0.39 is 0 Å². The third kappa shape index (κ3) is 2.60. The first-order chi connectivity index (χ1) is 7.27. The summed E-state index contributed by atoms with van der Waals surface area (Å²) >= 11 is 0. The van der Waals surface area contributed by atoms with E-state index in [1.54, 1.807) is 0 Å². The van der Waals surface area contributed by atoms with E-state index in [2.05, 4.69) is 49.5 Å². The summed E-state index contributed by atoms with van der Waals surface area (Å²) in [7, 11) is 0. The molecular formula is C14H21N. The summed E-state index contributed by atoms with van der Waals surface area (Å²) in [5.41, 5.74) is 1.40. The minimum Gasteiger partial charge on any atom is -0.307 e. The van der Waals surface area contributed by atoms with Crippen molar-refractivity contribution in [2.24, 2.45) is 5.92 Å². The summed E-state index contributed by atoms with van der Waals surface area (Å²) in [4.78, 5) is 0. The van der Waals surface area contributed by atoms with Gasteiger partial charge in [-0.1, -0.05) is 43.7 Å². The third-order valence-corrected chi connectivity index (χ3v) is 3.63. The van der Waals surface area contributed by atoms with Gasteiger partial charge in [0.2, 0.25) is 0 Å². The molecular weight excluding hydrogens is 182 g/mol. The van der Waals surface area contributed by atoms with Crippen LogP contribution in [0.25, 0.3) is 0 Å². The van der Waals surface area contributed by atoms with Gasteiger partial charge < -0.3 is 5.32 Å². The second-order valence-electron chi connectivity index (χ2n) is 4.81. The van der Waals surface area contributed by atoms with Crippen LogP contribution in [0, 0.1) is 5.92 Å². The van der Waals surface area contributed by atoms with E-state index in [1.807, 2.05) is 0 Å². The molecule has 0 saturated heterocycles. The van der Waals surface area contributed by atoms with Crippen molar-refractivity contribution in [2.45, 2.75) is 45.2 Å². The highest BCUT2D eigenvalue weighted by Gasteiger charge is 2.24. The van der Waals surface area contributed by atoms with Gasteiger partial charge in [-0.3, -0.25) is 0 Å². The van der Waals surface area contributed by atoms with Crippen molar-refractivity contribution in [2.75, 3.05) is 0 Å². The lowest BCUT2D eigenvalue weighted by Gasteiger charge is -2.23. The summed E-state index contributed by atoms with van der Waals surface area (Å²) in [6.07, 6.45) is 4.12. The standard InChI is InChI=1S/C14H21N/c1-11-7-6-10-14(11)15-12(2)13-8-4-3-5-9-13/h3-5,8-9,11-12,14-15H,6-7,10H2,1-2H3/t11?,12-,14?/m1/s1. The number of benzene rings is 1. The van der Waals surface area contributed by atoms with Gasteiger partial charge in [0.25, 0.3) is 0 Å². The minimum atomic E-state index is 0.483. The van der Waals surface area contributed by atoms with Crippen LogP contribution in [0.1, 0.15) is 44.7 Å². The van der Waals surface area contributed by atoms with E-state index in [0.717, 1.165) is 12.0 Å². The topological polar surface area (TPSA) is 12.0 Å². The maximum Gasteiger partial charge on any atom is 0.0294 e. The van der Waals surface area contributed by atoms with E-state index in [0.29, 0.717) is 6.04 Å². The average molecular weight is 203 g/mol. The van der Waals surface area contributed by atoms with E-state index in [-0.39, 0.29) is 0 Å². The van der Waals surface area contributed by atoms with Crippen LogP contribution in [0.2, 0.25) is 0 Å². The van der Waals surface area contributed by atoms with Crippen LogP contribution in [0.5, 0.6) is 0 Å². The lowest BCUT2D eigenvalue weighted by Crippen LogP contribution is -2.33. The van der Waals surface area contributed by atoms with E-state index in [1.165, 1.54) is 24.8 Å². The summed E-state index contributed by atoms with van der Waals surface area (Å²) < 4.78 is 0. The molecule has 2 rings (SSSR count). The number of rotatable bonds is 3. The van der Waals surface area contributed by atoms with Crippen molar-refractivity contribution in [1.29, 1.82) is 0 Å². The van der Waals surface area contributed by atoms with Crippen LogP contribution < -0.4 is 5.32 Å². The second kappa shape index (κ2) is 4.80. The van der Waals surface area contributed by atoms with Gasteiger partial charge in [0.05, 0.1) is 0 Å². The van der Waals surface area contributed by atoms with Crippen molar-refractivity contribution in [1.82, 2.24) is 5.32 Å². The van der Waals surface area contributed by atoms with Gasteiger partial charge in [0, 0.05) is 12.1 Å². The van der Waals surface area contributed by atoms with Crippen molar-refractivity contribution in [3.63, 3.8) is 0 Å². The van der Waals surface area contributed by atoms with Crippen LogP contribution in [-0.2, 0) is 0 Å². The molecule has 1 aliphatic carbocycles. The van der Waals surface area contributed by atoms with E-state index >= 15 is 0 Å². The quantitative estimate of drug-likeness (QED) is 0.792. The maximum atomic E-state index is 3.74. The smallest absolute Gasteiger partial charge is 0.0294 e. The fourth-order valence-electron chi connectivity index (χ4n) is 2.55. The van der Waals surface area contributed by atoms with Crippen LogP contribution in [0.4, 0.5) is 0 Å². The molecule has 1 fully saturated rings. The number of hydrogen-bond acceptors (Lipinski definition) is 1. The first kappa shape index (κ1) is 10.7. The highest BCUT2D eigenvalue weighted by molar-refractivity contribution is 5.18. The molecule has 1 heteroatoms. The Morgan fingerprint density at radius 1 is 1.20 bits per heavy atom. The highest BCUT2D eigenvalue weighted by atomic mass is 15.0. The summed E-state index contributed by atoms with van der Waals surface area (Å²) in [6.45, 7) is 4.63. The molecule has 1 aromatic carbocycles. The van der Waals surface area contributed by atoms with E-state index in [4.69, 9.17) is 0 Å². The van der Waals surface area contributed by atoms with Gasteiger partial charge in [-0.25, -0.2) is 0 Å². The van der Waals surface area contributed by atoms with Crippen molar-refractivity contribution >= 4 is 0 Å². The molecule has 1 saturated carbocycles. The zero-order valence-corrected chi connectivity index (χ0v) is 9.74. The largest absolute Gasteiger partial charge is 0.307 e. The first-order valence-electron chi connectivity index (χ1n) is 6.08. The molecule has 15 heavy (non-hydrogen) atoms. The molecule has 0 heterocycles. The van der Waals surface area contributed by atoms with Crippen molar-refractivity contribution in [3.05, 3.63) is 35.9 Å². The molecule has 0 spiro atoms. The predicted molar refractivity (Wildman–Crippen MR) is 64.8 cm³/mol. The Kier molecular flexibility index (Phi) is 3.42. The first-order valence-corrected chi connectivity index (χ1v) is 6.08. The monoisotopic (exact) mass is 203 g/mol. The Bertz CT molecular complexity index is 293. The van der Waals surface area contributed by atoms with Crippen LogP contribution >= 0.6 is 0 Å². The minimum absolute atomic E-state index is 0.483. The molecule has 1 N–H and O–H groups in total. The molecule has 2 unspecified atom stereocenters. The van der Waals surface area contributed by atoms with E-state index in [9.17, 15) is 0 Å². The van der Waals surface area contributed by atoms with Crippen LogP contribution in [0.3, 0.4) is 0 Å². The van der Waals surface area contributed by atoms with Gasteiger partial charge in [-0.2, -0.15) is 0 Å². The fourth-order valence-corrected chi connectivity index (χ4v) is 2.55. The Hall–Kier alpha value is -0.820. The highest BCUT2D eigenvalue weighted by Crippen LogP contribution is 2.27. The Morgan fingerprint density at radius 3 is 2.53 bits per heavy atom. The number of hydrogen-bond donors (Lipinski definition) is 1. The Balaban J connectivity index is 1.95. The molecule has 0 aromatic heterocycles. The number of nitrogens with one attached hydrogen (secondary N) is 1. The fraction of sp³-hybridized carbons (Fsp3) is 0.571. The molecule has 3 atom stereocenters. The summed E-state index contributed by atoms with van der Waals surface area (Å²) in [5, 5.41) is 3.74. The predicted octanol–water partition coefficient (Wildman–Crippen LogP) is 3.53. The molecule has 0 radical (unpaired) electrons. The summed E-state index contributed by atoms with van der Waals surface area (Å²) in [6, 6.07) is 11.9. The zero-order valence-electron chi connectivity index (χ0n) is 9.74. The average Bonchev–Trinajstić information content (AvgIpc) is 2.66. The molecule has 1 aliphatic rings. The molecule has 1 nitrogen and oxygen atoms in total. The molecule has 0 aliphatic heterocycles. The zero-order chi connectivity index (χ0) is 10.7. The summed E-state index contributed by atoms with van der Waals surface area (Å²) in [5.74, 6) is 0.844. The lowest BCUT2D eigenvalue weighted by molar-refractivity contribution is 0.388. The van der Waals surface area contributed by atoms with Gasteiger partial charge in [-0.05, 0) is 31.2 Å². The Labute approximate surface area is 92.9 Å². The third-order valence-electron chi connectivity index (χ3n) is 3.63. The van der Waals surface area contributed by atoms with Crippen molar-refractivity contribution in [3.8, 4) is 0 Å². The molecule has 0 amide bonds. The van der Waals surface area contributed by atoms with Gasteiger partial charge >= 0.3 is 0 Å². The van der Waals surface area contributed by atoms with Crippen molar-refractivity contribution < 1.29 is 0 Å². The van der Waals surface area contributed by atoms with Gasteiger partial charge in [0.15, 0.2) is 0 Å². The Morgan fingerprint density at radius 2 is 1.93 bits per heavy atom. The van der Waals surface area contributed by atoms with Gasteiger partial charge in [0.1, 0.15) is 0 Å². The molecule has 0 bridgehead atoms. The van der Waals surface area contributed by atoms with Crippen LogP contribution in [0.15, 0.2) is 30.3 Å². The maximum absolute atomic E-state index is 3.74. The lowest BCUT2D eigenvalue weighted by atomic mass is 10.0. The van der Waals surface area contributed by atoms with Crippen LogP contribution in [-0.4, -0.2) is 6.04 Å². The second-order valence-corrected chi connectivity index (χ2v) is 4.81. The molecule has 82 valence electrons. The van der Waals surface area contributed by atoms with Gasteiger partial charge in [-0.15, -0.1) is 0 Å². The molecule has 1 aromatic rings.